The Bertz CT molecular complexity index is 687. The van der Waals surface area contributed by atoms with Gasteiger partial charge in [0.2, 0.25) is 5.89 Å². The number of morpholine rings is 1. The summed E-state index contributed by atoms with van der Waals surface area (Å²) in [7, 11) is 2.08. The summed E-state index contributed by atoms with van der Waals surface area (Å²) < 4.78 is 10.9. The van der Waals surface area contributed by atoms with E-state index in [1.54, 1.807) is 0 Å². The lowest BCUT2D eigenvalue weighted by atomic mass is 9.96. The summed E-state index contributed by atoms with van der Waals surface area (Å²) in [6, 6.07) is 8.58. The van der Waals surface area contributed by atoms with Crippen LogP contribution >= 0.6 is 0 Å². The summed E-state index contributed by atoms with van der Waals surface area (Å²) in [6.07, 6.45) is 0. The molecule has 0 amide bonds. The first-order chi connectivity index (χ1) is 11.9. The molecule has 2 heterocycles. The van der Waals surface area contributed by atoms with Crippen LogP contribution in [0.15, 0.2) is 28.8 Å². The van der Waals surface area contributed by atoms with Crippen LogP contribution in [0.25, 0.3) is 0 Å². The second-order valence-electron chi connectivity index (χ2n) is 7.66. The molecular formula is C19H28N4O2. The fourth-order valence-corrected chi connectivity index (χ4v) is 2.96. The minimum atomic E-state index is -0.0940. The molecule has 6 heteroatoms. The Kier molecular flexibility index (Phi) is 5.39. The zero-order valence-electron chi connectivity index (χ0n) is 15.7. The molecule has 1 aromatic heterocycles. The third kappa shape index (κ3) is 4.58. The number of aromatic nitrogens is 2. The summed E-state index contributed by atoms with van der Waals surface area (Å²) in [5.74, 6) is 1.42. The first kappa shape index (κ1) is 17.9. The van der Waals surface area contributed by atoms with Gasteiger partial charge in [0.15, 0.2) is 5.82 Å². The van der Waals surface area contributed by atoms with E-state index in [9.17, 15) is 0 Å². The standard InChI is InChI=1S/C19H28N4O2/c1-19(2,3)18-20-17(25-21-18)14-22(4)13-15-7-5-6-8-16(15)23-9-11-24-12-10-23/h5-8H,9-14H2,1-4H3. The van der Waals surface area contributed by atoms with E-state index in [1.807, 2.05) is 0 Å². The number of hydrogen-bond donors (Lipinski definition) is 0. The molecule has 1 fully saturated rings. The molecule has 3 rings (SSSR count). The summed E-state index contributed by atoms with van der Waals surface area (Å²) >= 11 is 0. The van der Waals surface area contributed by atoms with Crippen LogP contribution in [-0.4, -0.2) is 48.4 Å². The normalized spacial score (nSPS) is 15.8. The molecular weight excluding hydrogens is 316 g/mol. The highest BCUT2D eigenvalue weighted by atomic mass is 16.5. The number of hydrogen-bond acceptors (Lipinski definition) is 6. The van der Waals surface area contributed by atoms with Gasteiger partial charge in [-0.2, -0.15) is 4.98 Å². The maximum absolute atomic E-state index is 5.47. The minimum Gasteiger partial charge on any atom is -0.378 e. The van der Waals surface area contributed by atoms with Crippen molar-refractivity contribution in [3.8, 4) is 0 Å². The average Bonchev–Trinajstić information content (AvgIpc) is 3.05. The first-order valence-electron chi connectivity index (χ1n) is 8.86. The highest BCUT2D eigenvalue weighted by molar-refractivity contribution is 5.53. The van der Waals surface area contributed by atoms with E-state index in [1.165, 1.54) is 11.3 Å². The largest absolute Gasteiger partial charge is 0.378 e. The lowest BCUT2D eigenvalue weighted by Gasteiger charge is -2.31. The van der Waals surface area contributed by atoms with Gasteiger partial charge < -0.3 is 14.2 Å². The van der Waals surface area contributed by atoms with Crippen LogP contribution in [0.2, 0.25) is 0 Å². The molecule has 1 saturated heterocycles. The van der Waals surface area contributed by atoms with Crippen molar-refractivity contribution in [1.82, 2.24) is 15.0 Å². The van der Waals surface area contributed by atoms with Crippen LogP contribution in [0.3, 0.4) is 0 Å². The van der Waals surface area contributed by atoms with Crippen molar-refractivity contribution in [2.45, 2.75) is 39.3 Å². The molecule has 0 spiro atoms. The SMILES string of the molecule is CN(Cc1nc(C(C)(C)C)no1)Cc1ccccc1N1CCOCC1. The zero-order valence-corrected chi connectivity index (χ0v) is 15.7. The van der Waals surface area contributed by atoms with Crippen molar-refractivity contribution in [3.63, 3.8) is 0 Å². The highest BCUT2D eigenvalue weighted by Crippen LogP contribution is 2.23. The van der Waals surface area contributed by atoms with Gasteiger partial charge in [0.25, 0.3) is 0 Å². The van der Waals surface area contributed by atoms with E-state index < -0.39 is 0 Å². The molecule has 0 radical (unpaired) electrons. The molecule has 1 aliphatic rings. The smallest absolute Gasteiger partial charge is 0.240 e. The minimum absolute atomic E-state index is 0.0940. The van der Waals surface area contributed by atoms with Crippen molar-refractivity contribution in [1.29, 1.82) is 0 Å². The topological polar surface area (TPSA) is 54.6 Å². The van der Waals surface area contributed by atoms with Crippen molar-refractivity contribution in [2.24, 2.45) is 0 Å². The van der Waals surface area contributed by atoms with Gasteiger partial charge in [-0.3, -0.25) is 4.90 Å². The van der Waals surface area contributed by atoms with Crippen LogP contribution in [0.1, 0.15) is 38.0 Å². The quantitative estimate of drug-likeness (QED) is 0.831. The van der Waals surface area contributed by atoms with Gasteiger partial charge in [0.05, 0.1) is 19.8 Å². The van der Waals surface area contributed by atoms with Gasteiger partial charge in [-0.1, -0.05) is 44.1 Å². The Morgan fingerprint density at radius 2 is 1.84 bits per heavy atom. The fourth-order valence-electron chi connectivity index (χ4n) is 2.96. The number of rotatable bonds is 5. The molecule has 136 valence electrons. The number of nitrogens with zero attached hydrogens (tertiary/aromatic N) is 4. The predicted octanol–water partition coefficient (Wildman–Crippen LogP) is 2.84. The summed E-state index contributed by atoms with van der Waals surface area (Å²) in [4.78, 5) is 9.14. The van der Waals surface area contributed by atoms with Crippen LogP contribution in [-0.2, 0) is 23.2 Å². The second-order valence-corrected chi connectivity index (χ2v) is 7.66. The number of benzene rings is 1. The van der Waals surface area contributed by atoms with E-state index in [-0.39, 0.29) is 5.41 Å². The number of ether oxygens (including phenoxy) is 1. The summed E-state index contributed by atoms with van der Waals surface area (Å²) in [5, 5.41) is 4.10. The molecule has 0 bridgehead atoms. The average molecular weight is 344 g/mol. The molecule has 1 aromatic carbocycles. The summed E-state index contributed by atoms with van der Waals surface area (Å²) in [5.41, 5.74) is 2.50. The third-order valence-corrected chi connectivity index (χ3v) is 4.33. The van der Waals surface area contributed by atoms with Crippen molar-refractivity contribution >= 4 is 5.69 Å². The highest BCUT2D eigenvalue weighted by Gasteiger charge is 2.21. The molecule has 0 N–H and O–H groups in total. The van der Waals surface area contributed by atoms with E-state index >= 15 is 0 Å². The Labute approximate surface area is 149 Å². The molecule has 0 unspecified atom stereocenters. The van der Waals surface area contributed by atoms with Gasteiger partial charge >= 0.3 is 0 Å². The fraction of sp³-hybridized carbons (Fsp3) is 0.579. The van der Waals surface area contributed by atoms with Crippen LogP contribution in [0.4, 0.5) is 5.69 Å². The predicted molar refractivity (Wildman–Crippen MR) is 97.6 cm³/mol. The molecule has 0 atom stereocenters. The molecule has 6 nitrogen and oxygen atoms in total. The maximum Gasteiger partial charge on any atom is 0.240 e. The Morgan fingerprint density at radius 1 is 1.12 bits per heavy atom. The Balaban J connectivity index is 1.67. The molecule has 1 aliphatic heterocycles. The van der Waals surface area contributed by atoms with Gasteiger partial charge in [-0.05, 0) is 18.7 Å². The molecule has 0 aliphatic carbocycles. The second kappa shape index (κ2) is 7.54. The molecule has 2 aromatic rings. The number of para-hydroxylation sites is 1. The monoisotopic (exact) mass is 344 g/mol. The maximum atomic E-state index is 5.47. The van der Waals surface area contributed by atoms with Crippen LogP contribution in [0.5, 0.6) is 0 Å². The number of anilines is 1. The Hall–Kier alpha value is -1.92. The van der Waals surface area contributed by atoms with Gasteiger partial charge in [0.1, 0.15) is 0 Å². The van der Waals surface area contributed by atoms with E-state index in [4.69, 9.17) is 9.26 Å². The van der Waals surface area contributed by atoms with Crippen molar-refractivity contribution in [2.75, 3.05) is 38.3 Å². The summed E-state index contributed by atoms with van der Waals surface area (Å²) in [6.45, 7) is 11.2. The van der Waals surface area contributed by atoms with Crippen LogP contribution < -0.4 is 4.90 Å². The van der Waals surface area contributed by atoms with E-state index in [2.05, 4.69) is 72.0 Å². The lowest BCUT2D eigenvalue weighted by molar-refractivity contribution is 0.122. The van der Waals surface area contributed by atoms with Crippen molar-refractivity contribution in [3.05, 3.63) is 41.5 Å². The lowest BCUT2D eigenvalue weighted by Crippen LogP contribution is -2.37. The van der Waals surface area contributed by atoms with Crippen molar-refractivity contribution < 1.29 is 9.26 Å². The van der Waals surface area contributed by atoms with E-state index in [0.717, 1.165) is 38.7 Å². The van der Waals surface area contributed by atoms with Crippen LogP contribution in [0, 0.1) is 0 Å². The van der Waals surface area contributed by atoms with Gasteiger partial charge in [-0.15, -0.1) is 0 Å². The van der Waals surface area contributed by atoms with E-state index in [0.29, 0.717) is 12.4 Å². The van der Waals surface area contributed by atoms with Gasteiger partial charge in [-0.25, -0.2) is 0 Å². The first-order valence-corrected chi connectivity index (χ1v) is 8.86. The molecule has 25 heavy (non-hydrogen) atoms. The molecule has 0 saturated carbocycles. The zero-order chi connectivity index (χ0) is 17.9. The van der Waals surface area contributed by atoms with Gasteiger partial charge in [0, 0.05) is 30.7 Å². The Morgan fingerprint density at radius 3 is 2.52 bits per heavy atom. The third-order valence-electron chi connectivity index (χ3n) is 4.33.